The Labute approximate surface area is 184 Å². The summed E-state index contributed by atoms with van der Waals surface area (Å²) >= 11 is 0. The van der Waals surface area contributed by atoms with Crippen molar-refractivity contribution in [3.05, 3.63) is 95.6 Å². The molecule has 0 aromatic heterocycles. The van der Waals surface area contributed by atoms with Crippen molar-refractivity contribution in [1.82, 2.24) is 0 Å². The number of allylic oxidation sites excluding steroid dienone is 1. The number of halogens is 2. The van der Waals surface area contributed by atoms with Gasteiger partial charge in [0.1, 0.15) is 11.6 Å². The average Bonchev–Trinajstić information content (AvgIpc) is 2.78. The third-order valence-electron chi connectivity index (χ3n) is 6.48. The molecule has 3 aromatic carbocycles. The van der Waals surface area contributed by atoms with Crippen LogP contribution in [0.4, 0.5) is 8.78 Å². The molecule has 31 heavy (non-hydrogen) atoms. The molecule has 0 spiro atoms. The first-order valence-electron chi connectivity index (χ1n) is 11.2. The van der Waals surface area contributed by atoms with Gasteiger partial charge in [0.15, 0.2) is 0 Å². The highest BCUT2D eigenvalue weighted by atomic mass is 19.1. The molecule has 0 unspecified atom stereocenters. The highest BCUT2D eigenvalue weighted by Crippen LogP contribution is 2.33. The SMILES string of the molecule is C=CCC1CCC(CCc2ccc(C#Cc3ccc4cc(F)ccc4c3)c(F)c2)CC1. The van der Waals surface area contributed by atoms with Crippen LogP contribution in [-0.2, 0) is 6.42 Å². The fraction of sp³-hybridized carbons (Fsp3) is 0.310. The zero-order chi connectivity index (χ0) is 21.6. The maximum atomic E-state index is 14.6. The summed E-state index contributed by atoms with van der Waals surface area (Å²) in [4.78, 5) is 0. The van der Waals surface area contributed by atoms with Crippen molar-refractivity contribution in [2.24, 2.45) is 11.8 Å². The molecule has 0 atom stereocenters. The maximum absolute atomic E-state index is 14.6. The molecule has 0 N–H and O–H groups in total. The third kappa shape index (κ3) is 5.61. The predicted octanol–water partition coefficient (Wildman–Crippen LogP) is 7.83. The molecule has 0 nitrogen and oxygen atoms in total. The van der Waals surface area contributed by atoms with Crippen molar-refractivity contribution in [3.63, 3.8) is 0 Å². The van der Waals surface area contributed by atoms with E-state index in [1.807, 2.05) is 30.3 Å². The second-order valence-electron chi connectivity index (χ2n) is 8.72. The Morgan fingerprint density at radius 2 is 1.58 bits per heavy atom. The molecule has 0 bridgehead atoms. The van der Waals surface area contributed by atoms with Crippen LogP contribution in [0.15, 0.2) is 67.3 Å². The Morgan fingerprint density at radius 1 is 0.839 bits per heavy atom. The maximum Gasteiger partial charge on any atom is 0.139 e. The monoisotopic (exact) mass is 414 g/mol. The van der Waals surface area contributed by atoms with Crippen molar-refractivity contribution in [3.8, 4) is 11.8 Å². The Balaban J connectivity index is 1.37. The quantitative estimate of drug-likeness (QED) is 0.295. The molecule has 0 heterocycles. The Bertz CT molecular complexity index is 1120. The molecule has 1 aliphatic carbocycles. The lowest BCUT2D eigenvalue weighted by Gasteiger charge is -2.27. The van der Waals surface area contributed by atoms with Crippen LogP contribution in [0.25, 0.3) is 10.8 Å². The molecule has 0 aliphatic heterocycles. The highest BCUT2D eigenvalue weighted by molar-refractivity contribution is 5.83. The highest BCUT2D eigenvalue weighted by Gasteiger charge is 2.20. The van der Waals surface area contributed by atoms with Crippen LogP contribution in [0.5, 0.6) is 0 Å². The number of hydrogen-bond donors (Lipinski definition) is 0. The lowest BCUT2D eigenvalue weighted by molar-refractivity contribution is 0.265. The average molecular weight is 415 g/mol. The van der Waals surface area contributed by atoms with Gasteiger partial charge in [-0.15, -0.1) is 6.58 Å². The van der Waals surface area contributed by atoms with Gasteiger partial charge in [-0.25, -0.2) is 8.78 Å². The minimum Gasteiger partial charge on any atom is -0.207 e. The van der Waals surface area contributed by atoms with Gasteiger partial charge in [0.25, 0.3) is 0 Å². The Morgan fingerprint density at radius 3 is 2.35 bits per heavy atom. The lowest BCUT2D eigenvalue weighted by atomic mass is 9.78. The normalized spacial score (nSPS) is 18.4. The summed E-state index contributed by atoms with van der Waals surface area (Å²) < 4.78 is 27.9. The fourth-order valence-corrected chi connectivity index (χ4v) is 4.61. The van der Waals surface area contributed by atoms with E-state index in [1.54, 1.807) is 18.2 Å². The molecule has 158 valence electrons. The van der Waals surface area contributed by atoms with E-state index in [9.17, 15) is 8.78 Å². The first kappa shape index (κ1) is 21.3. The van der Waals surface area contributed by atoms with Crippen LogP contribution >= 0.6 is 0 Å². The van der Waals surface area contributed by atoms with Gasteiger partial charge in [-0.05, 0) is 96.7 Å². The number of benzene rings is 3. The van der Waals surface area contributed by atoms with Crippen LogP contribution in [0.3, 0.4) is 0 Å². The van der Waals surface area contributed by atoms with E-state index in [4.69, 9.17) is 0 Å². The van der Waals surface area contributed by atoms with Crippen molar-refractivity contribution in [2.75, 3.05) is 0 Å². The van der Waals surface area contributed by atoms with Gasteiger partial charge in [-0.3, -0.25) is 0 Å². The van der Waals surface area contributed by atoms with Crippen molar-refractivity contribution < 1.29 is 8.78 Å². The van der Waals surface area contributed by atoms with Crippen LogP contribution in [0, 0.1) is 35.3 Å². The van der Waals surface area contributed by atoms with Crippen molar-refractivity contribution >= 4 is 10.8 Å². The standard InChI is InChI=1S/C29H28F2/c1-2-3-21-4-6-22(7-5-21)8-9-24-11-14-25(29(31)19-24)13-10-23-12-15-27-20-28(30)17-16-26(27)18-23/h2,11-12,14-22H,1,3-9H2. The molecule has 0 saturated heterocycles. The van der Waals surface area contributed by atoms with Crippen molar-refractivity contribution in [1.29, 1.82) is 0 Å². The second-order valence-corrected chi connectivity index (χ2v) is 8.72. The molecule has 1 fully saturated rings. The lowest BCUT2D eigenvalue weighted by Crippen LogP contribution is -2.14. The zero-order valence-corrected chi connectivity index (χ0v) is 17.8. The van der Waals surface area contributed by atoms with Gasteiger partial charge < -0.3 is 0 Å². The van der Waals surface area contributed by atoms with Gasteiger partial charge in [-0.1, -0.05) is 49.0 Å². The van der Waals surface area contributed by atoms with Crippen molar-refractivity contribution in [2.45, 2.75) is 44.9 Å². The Kier molecular flexibility index (Phi) is 6.82. The van der Waals surface area contributed by atoms with Gasteiger partial charge in [-0.2, -0.15) is 0 Å². The first-order valence-corrected chi connectivity index (χ1v) is 11.2. The summed E-state index contributed by atoms with van der Waals surface area (Å²) in [6, 6.07) is 15.7. The van der Waals surface area contributed by atoms with Gasteiger partial charge in [0.2, 0.25) is 0 Å². The Hall–Kier alpha value is -2.92. The molecule has 1 saturated carbocycles. The van der Waals surface area contributed by atoms with E-state index in [0.29, 0.717) is 5.56 Å². The molecular weight excluding hydrogens is 386 g/mol. The van der Waals surface area contributed by atoms with Crippen LogP contribution in [0.2, 0.25) is 0 Å². The summed E-state index contributed by atoms with van der Waals surface area (Å²) in [5.41, 5.74) is 2.24. The largest absolute Gasteiger partial charge is 0.207 e. The number of aryl methyl sites for hydroxylation is 1. The summed E-state index contributed by atoms with van der Waals surface area (Å²) in [6.07, 6.45) is 10.4. The number of hydrogen-bond acceptors (Lipinski definition) is 0. The van der Waals surface area contributed by atoms with Crippen LogP contribution in [0.1, 0.15) is 55.2 Å². The topological polar surface area (TPSA) is 0 Å². The van der Waals surface area contributed by atoms with E-state index < -0.39 is 0 Å². The molecule has 0 amide bonds. The van der Waals surface area contributed by atoms with Crippen LogP contribution in [-0.4, -0.2) is 0 Å². The smallest absolute Gasteiger partial charge is 0.139 e. The number of fused-ring (bicyclic) bond motifs is 1. The molecular formula is C29H28F2. The number of rotatable bonds is 5. The summed E-state index contributed by atoms with van der Waals surface area (Å²) in [7, 11) is 0. The van der Waals surface area contributed by atoms with E-state index in [1.165, 1.54) is 37.8 Å². The van der Waals surface area contributed by atoms with Gasteiger partial charge in [0.05, 0.1) is 5.56 Å². The third-order valence-corrected chi connectivity index (χ3v) is 6.48. The van der Waals surface area contributed by atoms with E-state index in [-0.39, 0.29) is 11.6 Å². The summed E-state index contributed by atoms with van der Waals surface area (Å²) in [5, 5.41) is 1.75. The summed E-state index contributed by atoms with van der Waals surface area (Å²) in [5.74, 6) is 7.03. The van der Waals surface area contributed by atoms with Gasteiger partial charge >= 0.3 is 0 Å². The minimum absolute atomic E-state index is 0.256. The predicted molar refractivity (Wildman–Crippen MR) is 125 cm³/mol. The molecule has 4 rings (SSSR count). The molecule has 2 heteroatoms. The van der Waals surface area contributed by atoms with E-state index >= 15 is 0 Å². The van der Waals surface area contributed by atoms with E-state index in [0.717, 1.165) is 53.0 Å². The molecule has 0 radical (unpaired) electrons. The second kappa shape index (κ2) is 9.92. The first-order chi connectivity index (χ1) is 15.1. The zero-order valence-electron chi connectivity index (χ0n) is 17.8. The molecule has 1 aliphatic rings. The minimum atomic E-state index is -0.262. The molecule has 3 aromatic rings. The van der Waals surface area contributed by atoms with Gasteiger partial charge in [0, 0.05) is 5.56 Å². The summed E-state index contributed by atoms with van der Waals surface area (Å²) in [6.45, 7) is 3.85. The fourth-order valence-electron chi connectivity index (χ4n) is 4.61. The van der Waals surface area contributed by atoms with E-state index in [2.05, 4.69) is 18.4 Å². The van der Waals surface area contributed by atoms with Crippen LogP contribution < -0.4 is 0 Å².